The van der Waals surface area contributed by atoms with E-state index in [0.29, 0.717) is 23.9 Å². The summed E-state index contributed by atoms with van der Waals surface area (Å²) in [7, 11) is 1.11. The van der Waals surface area contributed by atoms with E-state index in [9.17, 15) is 19.0 Å². The summed E-state index contributed by atoms with van der Waals surface area (Å²) in [6, 6.07) is 0. The number of phosphoric acid groups is 1. The van der Waals surface area contributed by atoms with E-state index >= 15 is 0 Å². The first-order valence-electron chi connectivity index (χ1n) is 23.6. The summed E-state index contributed by atoms with van der Waals surface area (Å²) in [6.07, 6.45) is 52.3. The van der Waals surface area contributed by atoms with Crippen LogP contribution in [0.4, 0.5) is 0 Å². The van der Waals surface area contributed by atoms with Crippen molar-refractivity contribution in [2.24, 2.45) is 0 Å². The number of esters is 2. The summed E-state index contributed by atoms with van der Waals surface area (Å²) in [4.78, 5) is 37.6. The minimum Gasteiger partial charge on any atom is -0.756 e. The van der Waals surface area contributed by atoms with E-state index in [-0.39, 0.29) is 26.1 Å². The summed E-state index contributed by atoms with van der Waals surface area (Å²) >= 11 is 0. The van der Waals surface area contributed by atoms with Crippen LogP contribution in [0.1, 0.15) is 181 Å². The maximum absolute atomic E-state index is 12.7. The Hall–Kier alpha value is -2.55. The largest absolute Gasteiger partial charge is 0.756 e. The van der Waals surface area contributed by atoms with E-state index < -0.39 is 32.5 Å². The molecule has 9 nitrogen and oxygen atoms in total. The number of hydrogen-bond acceptors (Lipinski definition) is 8. The molecule has 346 valence electrons. The monoisotopic (exact) mass is 862 g/mol. The molecule has 60 heavy (non-hydrogen) atoms. The van der Waals surface area contributed by atoms with Gasteiger partial charge in [-0.15, -0.1) is 0 Å². The van der Waals surface area contributed by atoms with Crippen molar-refractivity contribution in [3.8, 4) is 0 Å². The molecule has 0 heterocycles. The third-order valence-corrected chi connectivity index (χ3v) is 10.7. The maximum Gasteiger partial charge on any atom is 0.306 e. The Kier molecular flexibility index (Phi) is 40.0. The van der Waals surface area contributed by atoms with E-state index in [1.165, 1.54) is 89.9 Å². The van der Waals surface area contributed by atoms with E-state index in [4.69, 9.17) is 18.5 Å². The minimum atomic E-state index is -4.65. The predicted octanol–water partition coefficient (Wildman–Crippen LogP) is 13.2. The maximum atomic E-state index is 12.7. The van der Waals surface area contributed by atoms with Crippen LogP contribution in [-0.4, -0.2) is 70.0 Å². The predicted molar refractivity (Wildman–Crippen MR) is 249 cm³/mol. The normalized spacial score (nSPS) is 14.2. The number of hydrogen-bond donors (Lipinski definition) is 0. The molecule has 2 atom stereocenters. The lowest BCUT2D eigenvalue weighted by molar-refractivity contribution is -0.870. The summed E-state index contributed by atoms with van der Waals surface area (Å²) in [6.45, 7) is 4.10. The highest BCUT2D eigenvalue weighted by atomic mass is 31.2. The van der Waals surface area contributed by atoms with Gasteiger partial charge in [-0.05, 0) is 77.0 Å². The summed E-state index contributed by atoms with van der Waals surface area (Å²) in [5, 5.41) is 0. The quantitative estimate of drug-likeness (QED) is 0.0196. The van der Waals surface area contributed by atoms with Crippen molar-refractivity contribution < 1.29 is 42.1 Å². The molecule has 0 saturated heterocycles. The molecule has 0 spiro atoms. The number of unbranched alkanes of at least 4 members (excludes halogenated alkanes) is 16. The van der Waals surface area contributed by atoms with Crippen molar-refractivity contribution in [2.45, 2.75) is 187 Å². The van der Waals surface area contributed by atoms with E-state index in [1.54, 1.807) is 0 Å². The zero-order chi connectivity index (χ0) is 44.3. The summed E-state index contributed by atoms with van der Waals surface area (Å²) in [5.74, 6) is -0.939. The minimum absolute atomic E-state index is 0.0478. The first-order valence-corrected chi connectivity index (χ1v) is 25.1. The second-order valence-corrected chi connectivity index (χ2v) is 18.2. The van der Waals surface area contributed by atoms with E-state index in [0.717, 1.165) is 51.4 Å². The number of ether oxygens (including phenoxy) is 2. The molecular weight excluding hydrogens is 774 g/mol. The van der Waals surface area contributed by atoms with Crippen LogP contribution in [0.25, 0.3) is 0 Å². The molecule has 1 unspecified atom stereocenters. The Morgan fingerprint density at radius 3 is 1.45 bits per heavy atom. The molecule has 0 bridgehead atoms. The van der Waals surface area contributed by atoms with Gasteiger partial charge in [-0.2, -0.15) is 0 Å². The second kappa shape index (κ2) is 41.8. The van der Waals surface area contributed by atoms with Gasteiger partial charge in [-0.1, -0.05) is 164 Å². The third kappa shape index (κ3) is 45.0. The van der Waals surface area contributed by atoms with Crippen LogP contribution >= 0.6 is 7.82 Å². The van der Waals surface area contributed by atoms with Crippen LogP contribution in [0.3, 0.4) is 0 Å². The fourth-order valence-corrected chi connectivity index (χ4v) is 6.71. The van der Waals surface area contributed by atoms with Crippen molar-refractivity contribution >= 4 is 19.8 Å². The highest BCUT2D eigenvalue weighted by Gasteiger charge is 2.21. The topological polar surface area (TPSA) is 111 Å². The molecule has 0 saturated carbocycles. The van der Waals surface area contributed by atoms with Crippen LogP contribution in [-0.2, 0) is 32.7 Å². The van der Waals surface area contributed by atoms with Gasteiger partial charge in [-0.3, -0.25) is 14.2 Å². The smallest absolute Gasteiger partial charge is 0.306 e. The molecule has 0 aliphatic heterocycles. The number of likely N-dealkylation sites (N-methyl/N-ethyl adjacent to an activating group) is 1. The van der Waals surface area contributed by atoms with Crippen LogP contribution in [0.15, 0.2) is 72.9 Å². The fraction of sp³-hybridized carbons (Fsp3) is 0.720. The molecule has 0 amide bonds. The summed E-state index contributed by atoms with van der Waals surface area (Å²) in [5.41, 5.74) is 0. The summed E-state index contributed by atoms with van der Waals surface area (Å²) < 4.78 is 33.9. The highest BCUT2D eigenvalue weighted by molar-refractivity contribution is 7.45. The van der Waals surface area contributed by atoms with Gasteiger partial charge < -0.3 is 27.9 Å². The molecule has 10 heteroatoms. The number of phosphoric ester groups is 1. The fourth-order valence-electron chi connectivity index (χ4n) is 5.98. The Bertz CT molecular complexity index is 1250. The number of quaternary nitrogens is 1. The average Bonchev–Trinajstić information content (AvgIpc) is 3.20. The Morgan fingerprint density at radius 2 is 0.933 bits per heavy atom. The number of rotatable bonds is 42. The van der Waals surface area contributed by atoms with Crippen LogP contribution in [0.5, 0.6) is 0 Å². The molecule has 0 rings (SSSR count). The van der Waals surface area contributed by atoms with Gasteiger partial charge in [0.15, 0.2) is 6.10 Å². The SMILES string of the molecule is CCCCC/C=C/C/C=C/C/C=C/C/C=C/C/C=C/CCC(=O)O[C@H](COC(=O)CCCCCCCCC/C=C/CCCCCCCC)COP(=O)([O-])OCC[N+](C)(C)C. The molecule has 0 radical (unpaired) electrons. The molecule has 0 aromatic rings. The number of allylic oxidation sites excluding steroid dienone is 12. The Balaban J connectivity index is 4.46. The number of carbonyl (C=O) groups is 2. The first kappa shape index (κ1) is 57.4. The molecular formula is C50H88NO8P. The zero-order valence-electron chi connectivity index (χ0n) is 38.9. The highest BCUT2D eigenvalue weighted by Crippen LogP contribution is 2.38. The number of nitrogens with zero attached hydrogens (tertiary/aromatic N) is 1. The van der Waals surface area contributed by atoms with Crippen molar-refractivity contribution in [1.82, 2.24) is 0 Å². The van der Waals surface area contributed by atoms with E-state index in [1.807, 2.05) is 33.3 Å². The van der Waals surface area contributed by atoms with Gasteiger partial charge in [0.1, 0.15) is 19.8 Å². The van der Waals surface area contributed by atoms with Gasteiger partial charge in [-0.25, -0.2) is 0 Å². The van der Waals surface area contributed by atoms with Crippen LogP contribution in [0.2, 0.25) is 0 Å². The van der Waals surface area contributed by atoms with Gasteiger partial charge in [0.2, 0.25) is 0 Å². The average molecular weight is 862 g/mol. The molecule has 0 aliphatic carbocycles. The molecule has 0 aromatic carbocycles. The Labute approximate surface area is 368 Å². The lowest BCUT2D eigenvalue weighted by atomic mass is 10.1. The van der Waals surface area contributed by atoms with Gasteiger partial charge in [0, 0.05) is 12.8 Å². The third-order valence-electron chi connectivity index (χ3n) is 9.71. The van der Waals surface area contributed by atoms with E-state index in [2.05, 4.69) is 74.6 Å². The first-order chi connectivity index (χ1) is 29.0. The van der Waals surface area contributed by atoms with Crippen LogP contribution < -0.4 is 4.89 Å². The van der Waals surface area contributed by atoms with Crippen molar-refractivity contribution in [2.75, 3.05) is 47.5 Å². The van der Waals surface area contributed by atoms with Crippen molar-refractivity contribution in [1.29, 1.82) is 0 Å². The number of carbonyl (C=O) groups excluding carboxylic acids is 2. The zero-order valence-corrected chi connectivity index (χ0v) is 39.8. The standard InChI is InChI=1S/C50H88NO8P/c1-6-8-10-12-14-16-18-20-22-24-25-27-29-31-33-35-37-39-41-43-50(53)59-48(47-58-60(54,55)57-45-44-51(3,4)5)46-56-49(52)42-40-38-36-34-32-30-28-26-23-21-19-17-15-13-11-9-7-2/h14,16,20-23,25,27,31,33,37,39,48H,6-13,15,17-19,24,26,28-30,32,34-36,38,40-47H2,1-5H3/b16-14+,22-20+,23-21+,27-25+,33-31+,39-37+/t48-/m1/s1. The molecule has 0 N–H and O–H groups in total. The van der Waals surface area contributed by atoms with Crippen LogP contribution in [0, 0.1) is 0 Å². The second-order valence-electron chi connectivity index (χ2n) is 16.8. The Morgan fingerprint density at radius 1 is 0.517 bits per heavy atom. The molecule has 0 fully saturated rings. The molecule has 0 aliphatic rings. The van der Waals surface area contributed by atoms with Crippen molar-refractivity contribution in [3.63, 3.8) is 0 Å². The lowest BCUT2D eigenvalue weighted by Gasteiger charge is -2.28. The molecule has 0 aromatic heterocycles. The van der Waals surface area contributed by atoms with Gasteiger partial charge >= 0.3 is 11.9 Å². The van der Waals surface area contributed by atoms with Crippen molar-refractivity contribution in [3.05, 3.63) is 72.9 Å². The van der Waals surface area contributed by atoms with Gasteiger partial charge in [0.25, 0.3) is 7.82 Å². The van der Waals surface area contributed by atoms with Gasteiger partial charge in [0.05, 0.1) is 27.7 Å². The lowest BCUT2D eigenvalue weighted by Crippen LogP contribution is -2.37.